The quantitative estimate of drug-likeness (QED) is 0.498. The van der Waals surface area contributed by atoms with Crippen LogP contribution < -0.4 is 19.5 Å². The first-order valence-electron chi connectivity index (χ1n) is 9.45. The second kappa shape index (κ2) is 10.5. The van der Waals surface area contributed by atoms with Gasteiger partial charge in [0.2, 0.25) is 0 Å². The Morgan fingerprint density at radius 1 is 1.06 bits per heavy atom. The van der Waals surface area contributed by atoms with Crippen LogP contribution >= 0.6 is 15.9 Å². The van der Waals surface area contributed by atoms with Crippen molar-refractivity contribution in [2.75, 3.05) is 14.2 Å². The summed E-state index contributed by atoms with van der Waals surface area (Å²) >= 11 is 3.45. The zero-order valence-corrected chi connectivity index (χ0v) is 18.7. The van der Waals surface area contributed by atoms with Gasteiger partial charge in [-0.15, -0.1) is 0 Å². The lowest BCUT2D eigenvalue weighted by molar-refractivity contribution is 0.0950. The van der Waals surface area contributed by atoms with Gasteiger partial charge >= 0.3 is 0 Å². The largest absolute Gasteiger partial charge is 0.493 e. The van der Waals surface area contributed by atoms with Gasteiger partial charge in [0.05, 0.1) is 30.3 Å². The number of ether oxygens (including phenoxy) is 3. The third-order valence-corrected chi connectivity index (χ3v) is 5.16. The smallest absolute Gasteiger partial charge is 0.251 e. The number of carbonyl (C=O) groups excluding carboxylic acids is 1. The first-order chi connectivity index (χ1) is 15.0. The lowest BCUT2D eigenvalue weighted by Gasteiger charge is -2.13. The summed E-state index contributed by atoms with van der Waals surface area (Å²) in [6, 6.07) is 20.0. The van der Waals surface area contributed by atoms with Crippen LogP contribution in [0.4, 0.5) is 0 Å². The molecule has 3 aromatic rings. The molecule has 3 aromatic carbocycles. The first-order valence-corrected chi connectivity index (χ1v) is 10.2. The molecule has 1 N–H and O–H groups in total. The van der Waals surface area contributed by atoms with Gasteiger partial charge in [-0.25, -0.2) is 0 Å². The minimum absolute atomic E-state index is 0.228. The van der Waals surface area contributed by atoms with Gasteiger partial charge in [0, 0.05) is 17.7 Å². The van der Waals surface area contributed by atoms with E-state index in [1.54, 1.807) is 44.6 Å². The second-order valence-electron chi connectivity index (χ2n) is 6.58. The summed E-state index contributed by atoms with van der Waals surface area (Å²) in [5.74, 6) is 1.50. The average molecular weight is 481 g/mol. The molecule has 31 heavy (non-hydrogen) atoms. The Kier molecular flexibility index (Phi) is 7.52. The van der Waals surface area contributed by atoms with Crippen LogP contribution in [0.2, 0.25) is 0 Å². The number of amides is 1. The van der Waals surface area contributed by atoms with Gasteiger partial charge in [-0.3, -0.25) is 4.79 Å². The van der Waals surface area contributed by atoms with Gasteiger partial charge in [-0.05, 0) is 57.9 Å². The fraction of sp³-hybridized carbons (Fsp3) is 0.167. The molecule has 0 aliphatic rings. The maximum absolute atomic E-state index is 12.6. The predicted molar refractivity (Wildman–Crippen MR) is 120 cm³/mol. The Morgan fingerprint density at radius 3 is 2.61 bits per heavy atom. The number of carbonyl (C=O) groups is 1. The molecule has 0 saturated carbocycles. The molecule has 0 atom stereocenters. The minimum atomic E-state index is -0.228. The number of methoxy groups -OCH3 is 2. The van der Waals surface area contributed by atoms with Crippen LogP contribution in [0.5, 0.6) is 17.2 Å². The van der Waals surface area contributed by atoms with Gasteiger partial charge in [0.25, 0.3) is 5.91 Å². The van der Waals surface area contributed by atoms with Crippen molar-refractivity contribution >= 4 is 21.8 Å². The number of rotatable bonds is 8. The molecule has 0 heterocycles. The third-order valence-electron chi connectivity index (χ3n) is 4.57. The zero-order valence-electron chi connectivity index (χ0n) is 17.1. The number of hydrogen-bond donors (Lipinski definition) is 1. The number of halogens is 1. The third kappa shape index (κ3) is 5.56. The molecule has 0 radical (unpaired) electrons. The van der Waals surface area contributed by atoms with Gasteiger partial charge in [-0.2, -0.15) is 5.26 Å². The number of benzene rings is 3. The van der Waals surface area contributed by atoms with Crippen molar-refractivity contribution < 1.29 is 19.0 Å². The highest BCUT2D eigenvalue weighted by Crippen LogP contribution is 2.36. The molecule has 7 heteroatoms. The summed E-state index contributed by atoms with van der Waals surface area (Å²) in [6.45, 7) is 0.562. The molecule has 0 aliphatic carbocycles. The normalized spacial score (nSPS) is 10.1. The Balaban J connectivity index is 1.65. The Labute approximate surface area is 189 Å². The van der Waals surface area contributed by atoms with Crippen LogP contribution in [0.15, 0.2) is 65.1 Å². The van der Waals surface area contributed by atoms with Crippen molar-refractivity contribution in [3.63, 3.8) is 0 Å². The molecule has 158 valence electrons. The number of nitriles is 1. The Morgan fingerprint density at radius 2 is 1.87 bits per heavy atom. The van der Waals surface area contributed by atoms with Crippen LogP contribution in [-0.2, 0) is 13.2 Å². The summed E-state index contributed by atoms with van der Waals surface area (Å²) in [5.41, 5.74) is 2.69. The van der Waals surface area contributed by atoms with Gasteiger partial charge in [-0.1, -0.05) is 24.3 Å². The van der Waals surface area contributed by atoms with Crippen molar-refractivity contribution in [1.82, 2.24) is 5.32 Å². The number of hydrogen-bond acceptors (Lipinski definition) is 5. The predicted octanol–water partition coefficient (Wildman–Crippen LogP) is 4.85. The Bertz CT molecular complexity index is 1120. The van der Waals surface area contributed by atoms with E-state index in [4.69, 9.17) is 14.2 Å². The summed E-state index contributed by atoms with van der Waals surface area (Å²) in [7, 11) is 3.13. The van der Waals surface area contributed by atoms with E-state index in [1.807, 2.05) is 30.3 Å². The van der Waals surface area contributed by atoms with Crippen molar-refractivity contribution in [2.45, 2.75) is 13.2 Å². The highest BCUT2D eigenvalue weighted by Gasteiger charge is 2.12. The van der Waals surface area contributed by atoms with Crippen molar-refractivity contribution in [1.29, 1.82) is 5.26 Å². The molecule has 0 aliphatic heterocycles. The van der Waals surface area contributed by atoms with Crippen LogP contribution in [0, 0.1) is 11.3 Å². The van der Waals surface area contributed by atoms with Crippen molar-refractivity contribution in [3.05, 3.63) is 87.4 Å². The van der Waals surface area contributed by atoms with E-state index in [0.717, 1.165) is 15.6 Å². The molecular weight excluding hydrogens is 460 g/mol. The van der Waals surface area contributed by atoms with Crippen LogP contribution in [0.1, 0.15) is 27.0 Å². The highest BCUT2D eigenvalue weighted by molar-refractivity contribution is 9.10. The van der Waals surface area contributed by atoms with E-state index in [-0.39, 0.29) is 12.5 Å². The van der Waals surface area contributed by atoms with E-state index >= 15 is 0 Å². The zero-order chi connectivity index (χ0) is 22.2. The average Bonchev–Trinajstić information content (AvgIpc) is 2.81. The second-order valence-corrected chi connectivity index (χ2v) is 7.44. The van der Waals surface area contributed by atoms with E-state index in [1.165, 1.54) is 0 Å². The summed E-state index contributed by atoms with van der Waals surface area (Å²) in [6.07, 6.45) is 0. The van der Waals surface area contributed by atoms with E-state index in [2.05, 4.69) is 27.3 Å². The minimum Gasteiger partial charge on any atom is -0.493 e. The van der Waals surface area contributed by atoms with E-state index in [0.29, 0.717) is 34.9 Å². The molecular formula is C24H21BrN2O4. The monoisotopic (exact) mass is 480 g/mol. The van der Waals surface area contributed by atoms with E-state index < -0.39 is 0 Å². The molecule has 0 fully saturated rings. The first kappa shape index (κ1) is 22.2. The van der Waals surface area contributed by atoms with Crippen molar-refractivity contribution in [2.24, 2.45) is 0 Å². The van der Waals surface area contributed by atoms with Gasteiger partial charge < -0.3 is 19.5 Å². The van der Waals surface area contributed by atoms with Crippen molar-refractivity contribution in [3.8, 4) is 23.3 Å². The van der Waals surface area contributed by atoms with Gasteiger partial charge in [0.15, 0.2) is 11.5 Å². The standard InChI is InChI=1S/C24H21BrN2O4/c1-29-22-11-16(10-21(25)23(22)30-2)14-27-24(28)17-8-5-9-20(12-17)31-15-19-7-4-3-6-18(19)13-26/h3-12H,14-15H2,1-2H3,(H,27,28). The number of nitrogens with zero attached hydrogens (tertiary/aromatic N) is 1. The molecule has 1 amide bonds. The van der Waals surface area contributed by atoms with Crippen LogP contribution in [0.25, 0.3) is 0 Å². The lowest BCUT2D eigenvalue weighted by Crippen LogP contribution is -2.22. The van der Waals surface area contributed by atoms with E-state index in [9.17, 15) is 10.1 Å². The molecule has 0 unspecified atom stereocenters. The highest BCUT2D eigenvalue weighted by atomic mass is 79.9. The molecule has 6 nitrogen and oxygen atoms in total. The van der Waals surface area contributed by atoms with Gasteiger partial charge in [0.1, 0.15) is 12.4 Å². The molecule has 3 rings (SSSR count). The molecule has 0 saturated heterocycles. The van der Waals surface area contributed by atoms with Crippen LogP contribution in [0.3, 0.4) is 0 Å². The fourth-order valence-corrected chi connectivity index (χ4v) is 3.65. The topological polar surface area (TPSA) is 80.6 Å². The summed E-state index contributed by atoms with van der Waals surface area (Å²) in [4.78, 5) is 12.6. The number of nitrogens with one attached hydrogen (secondary N) is 1. The summed E-state index contributed by atoms with van der Waals surface area (Å²) < 4.78 is 17.2. The van der Waals surface area contributed by atoms with Crippen LogP contribution in [-0.4, -0.2) is 20.1 Å². The molecule has 0 bridgehead atoms. The lowest BCUT2D eigenvalue weighted by atomic mass is 10.1. The molecule has 0 aromatic heterocycles. The Hall–Kier alpha value is -3.50. The molecule has 0 spiro atoms. The maximum atomic E-state index is 12.6. The maximum Gasteiger partial charge on any atom is 0.251 e. The summed E-state index contributed by atoms with van der Waals surface area (Å²) in [5, 5.41) is 12.1. The SMILES string of the molecule is COc1cc(CNC(=O)c2cccc(OCc3ccccc3C#N)c2)cc(Br)c1OC. The fourth-order valence-electron chi connectivity index (χ4n) is 3.00.